The van der Waals surface area contributed by atoms with Crippen LogP contribution in [0.2, 0.25) is 0 Å². The molecule has 2 aromatic rings. The lowest BCUT2D eigenvalue weighted by atomic mass is 10.1. The summed E-state index contributed by atoms with van der Waals surface area (Å²) in [6.07, 6.45) is 0.172. The third-order valence-corrected chi connectivity index (χ3v) is 5.21. The Labute approximate surface area is 151 Å². The van der Waals surface area contributed by atoms with Gasteiger partial charge in [0.15, 0.2) is 0 Å². The highest BCUT2D eigenvalue weighted by Crippen LogP contribution is 2.24. The van der Waals surface area contributed by atoms with Gasteiger partial charge in [-0.05, 0) is 29.8 Å². The van der Waals surface area contributed by atoms with Crippen LogP contribution in [0.4, 0.5) is 5.69 Å². The molecule has 0 aliphatic carbocycles. The van der Waals surface area contributed by atoms with Crippen molar-refractivity contribution in [2.45, 2.75) is 17.9 Å². The molecule has 0 saturated carbocycles. The Balaban J connectivity index is 1.58. The SMILES string of the molecule is NS(=O)(=O)c1ccc(CNC(=O)[C@H]2CC(=O)N(c3ccccc3)C2)cc1. The number of hydrogen-bond donors (Lipinski definition) is 2. The molecule has 2 aromatic carbocycles. The van der Waals surface area contributed by atoms with Crippen molar-refractivity contribution in [3.05, 3.63) is 60.2 Å². The van der Waals surface area contributed by atoms with E-state index in [1.54, 1.807) is 17.0 Å². The second-order valence-corrected chi connectivity index (χ2v) is 7.71. The number of amides is 2. The van der Waals surface area contributed by atoms with Crippen LogP contribution in [0.25, 0.3) is 0 Å². The molecule has 0 radical (unpaired) electrons. The van der Waals surface area contributed by atoms with Gasteiger partial charge in [-0.25, -0.2) is 13.6 Å². The first-order chi connectivity index (χ1) is 12.3. The summed E-state index contributed by atoms with van der Waals surface area (Å²) in [6.45, 7) is 0.596. The first-order valence-corrected chi connectivity index (χ1v) is 9.64. The molecular formula is C18H19N3O4S. The summed E-state index contributed by atoms with van der Waals surface area (Å²) in [5.74, 6) is -0.687. The van der Waals surface area contributed by atoms with Gasteiger partial charge in [0.25, 0.3) is 0 Å². The van der Waals surface area contributed by atoms with Crippen LogP contribution in [0.1, 0.15) is 12.0 Å². The molecule has 1 aliphatic heterocycles. The quantitative estimate of drug-likeness (QED) is 0.815. The third kappa shape index (κ3) is 4.09. The van der Waals surface area contributed by atoms with Crippen LogP contribution in [0, 0.1) is 5.92 Å². The molecule has 3 rings (SSSR count). The topological polar surface area (TPSA) is 110 Å². The first-order valence-electron chi connectivity index (χ1n) is 8.09. The molecule has 1 fully saturated rings. The molecular weight excluding hydrogens is 354 g/mol. The lowest BCUT2D eigenvalue weighted by molar-refractivity contribution is -0.126. The monoisotopic (exact) mass is 373 g/mol. The van der Waals surface area contributed by atoms with E-state index < -0.39 is 15.9 Å². The van der Waals surface area contributed by atoms with Crippen LogP contribution >= 0.6 is 0 Å². The van der Waals surface area contributed by atoms with Crippen LogP contribution < -0.4 is 15.4 Å². The van der Waals surface area contributed by atoms with E-state index in [9.17, 15) is 18.0 Å². The molecule has 0 aromatic heterocycles. The summed E-state index contributed by atoms with van der Waals surface area (Å²) in [7, 11) is -3.73. The Kier molecular flexibility index (Phi) is 5.06. The largest absolute Gasteiger partial charge is 0.352 e. The van der Waals surface area contributed by atoms with Gasteiger partial charge in [0, 0.05) is 25.2 Å². The Morgan fingerprint density at radius 1 is 1.12 bits per heavy atom. The van der Waals surface area contributed by atoms with Crippen molar-refractivity contribution in [3.63, 3.8) is 0 Å². The standard InChI is InChI=1S/C18H19N3O4S/c19-26(24,25)16-8-6-13(7-9-16)11-20-18(23)14-10-17(22)21(12-14)15-4-2-1-3-5-15/h1-9,14H,10-12H2,(H,20,23)(H2,19,24,25)/t14-/m0/s1. The van der Waals surface area contributed by atoms with Gasteiger partial charge >= 0.3 is 0 Å². The zero-order valence-corrected chi connectivity index (χ0v) is 14.8. The molecule has 0 bridgehead atoms. The van der Waals surface area contributed by atoms with Crippen LogP contribution in [-0.4, -0.2) is 26.8 Å². The van der Waals surface area contributed by atoms with Crippen molar-refractivity contribution < 1.29 is 18.0 Å². The average molecular weight is 373 g/mol. The highest BCUT2D eigenvalue weighted by Gasteiger charge is 2.34. The Morgan fingerprint density at radius 2 is 1.77 bits per heavy atom. The summed E-state index contributed by atoms with van der Waals surface area (Å²) in [4.78, 5) is 26.2. The van der Waals surface area contributed by atoms with Crippen molar-refractivity contribution in [1.29, 1.82) is 0 Å². The number of benzene rings is 2. The van der Waals surface area contributed by atoms with E-state index in [4.69, 9.17) is 5.14 Å². The number of nitrogens with one attached hydrogen (secondary N) is 1. The van der Waals surface area contributed by atoms with E-state index in [2.05, 4.69) is 5.32 Å². The number of para-hydroxylation sites is 1. The van der Waals surface area contributed by atoms with Gasteiger partial charge in [0.05, 0.1) is 10.8 Å². The second-order valence-electron chi connectivity index (χ2n) is 6.15. The molecule has 1 heterocycles. The smallest absolute Gasteiger partial charge is 0.238 e. The van der Waals surface area contributed by atoms with E-state index >= 15 is 0 Å². The number of rotatable bonds is 5. The Morgan fingerprint density at radius 3 is 2.38 bits per heavy atom. The molecule has 0 spiro atoms. The van der Waals surface area contributed by atoms with E-state index in [-0.39, 0.29) is 29.7 Å². The van der Waals surface area contributed by atoms with E-state index in [0.29, 0.717) is 6.54 Å². The number of sulfonamides is 1. The van der Waals surface area contributed by atoms with Gasteiger partial charge in [-0.3, -0.25) is 9.59 Å². The van der Waals surface area contributed by atoms with E-state index in [1.165, 1.54) is 12.1 Å². The minimum absolute atomic E-state index is 0.0208. The fourth-order valence-electron chi connectivity index (χ4n) is 2.87. The number of nitrogens with zero attached hydrogens (tertiary/aromatic N) is 1. The molecule has 7 nitrogen and oxygen atoms in total. The van der Waals surface area contributed by atoms with Gasteiger partial charge in [0.1, 0.15) is 0 Å². The molecule has 26 heavy (non-hydrogen) atoms. The minimum atomic E-state index is -3.73. The average Bonchev–Trinajstić information content (AvgIpc) is 3.02. The van der Waals surface area contributed by atoms with Gasteiger partial charge < -0.3 is 10.2 Å². The number of primary sulfonamides is 1. The molecule has 136 valence electrons. The number of nitrogens with two attached hydrogens (primary N) is 1. The van der Waals surface area contributed by atoms with Crippen LogP contribution in [0.15, 0.2) is 59.5 Å². The molecule has 8 heteroatoms. The summed E-state index contributed by atoms with van der Waals surface area (Å²) in [5.41, 5.74) is 1.53. The van der Waals surface area contributed by atoms with E-state index in [1.807, 2.05) is 30.3 Å². The zero-order valence-electron chi connectivity index (χ0n) is 14.0. The van der Waals surface area contributed by atoms with Crippen molar-refractivity contribution in [3.8, 4) is 0 Å². The summed E-state index contributed by atoms with van der Waals surface area (Å²) in [6, 6.07) is 15.2. The maximum atomic E-state index is 12.4. The maximum absolute atomic E-state index is 12.4. The molecule has 2 amide bonds. The Bertz CT molecular complexity index is 911. The fraction of sp³-hybridized carbons (Fsp3) is 0.222. The number of hydrogen-bond acceptors (Lipinski definition) is 4. The van der Waals surface area contributed by atoms with Crippen LogP contribution in [0.3, 0.4) is 0 Å². The Hall–Kier alpha value is -2.71. The highest BCUT2D eigenvalue weighted by molar-refractivity contribution is 7.89. The molecule has 0 unspecified atom stereocenters. The summed E-state index contributed by atoms with van der Waals surface area (Å²) in [5, 5.41) is 7.84. The van der Waals surface area contributed by atoms with Crippen molar-refractivity contribution in [1.82, 2.24) is 5.32 Å². The number of carbonyl (C=O) groups excluding carboxylic acids is 2. The predicted molar refractivity (Wildman–Crippen MR) is 96.6 cm³/mol. The zero-order chi connectivity index (χ0) is 18.7. The van der Waals surface area contributed by atoms with Gasteiger partial charge in [-0.15, -0.1) is 0 Å². The maximum Gasteiger partial charge on any atom is 0.238 e. The second kappa shape index (κ2) is 7.27. The van der Waals surface area contributed by atoms with E-state index in [0.717, 1.165) is 11.3 Å². The van der Waals surface area contributed by atoms with Crippen molar-refractivity contribution in [2.75, 3.05) is 11.4 Å². The minimum Gasteiger partial charge on any atom is -0.352 e. The van der Waals surface area contributed by atoms with Crippen LogP contribution in [-0.2, 0) is 26.2 Å². The first kappa shape index (κ1) is 18.1. The third-order valence-electron chi connectivity index (χ3n) is 4.28. The van der Waals surface area contributed by atoms with Gasteiger partial charge in [0.2, 0.25) is 21.8 Å². The molecule has 1 saturated heterocycles. The predicted octanol–water partition coefficient (Wildman–Crippen LogP) is 1.00. The van der Waals surface area contributed by atoms with Crippen LogP contribution in [0.5, 0.6) is 0 Å². The number of carbonyl (C=O) groups is 2. The van der Waals surface area contributed by atoms with Gasteiger partial charge in [-0.1, -0.05) is 30.3 Å². The highest BCUT2D eigenvalue weighted by atomic mass is 32.2. The molecule has 3 N–H and O–H groups in total. The van der Waals surface area contributed by atoms with Gasteiger partial charge in [-0.2, -0.15) is 0 Å². The lowest BCUT2D eigenvalue weighted by Crippen LogP contribution is -2.32. The molecule has 1 aliphatic rings. The number of anilines is 1. The summed E-state index contributed by atoms with van der Waals surface area (Å²) >= 11 is 0. The normalized spacial score (nSPS) is 17.3. The molecule has 1 atom stereocenters. The van der Waals surface area contributed by atoms with Crippen molar-refractivity contribution in [2.24, 2.45) is 11.1 Å². The summed E-state index contributed by atoms with van der Waals surface area (Å²) < 4.78 is 22.5. The fourth-order valence-corrected chi connectivity index (χ4v) is 3.39. The lowest BCUT2D eigenvalue weighted by Gasteiger charge is -2.16. The van der Waals surface area contributed by atoms with Crippen molar-refractivity contribution >= 4 is 27.5 Å².